The SMILES string of the molecule is C=C1c2ccc(C(=O)c3ccc4c(c3)C(=O)N(C(C)(C)C)C4=C)cc2C(=O)N1c1ccc(Cc2ccc(C(C)(C)C)cc2)cc1. The Labute approximate surface area is 265 Å². The first-order chi connectivity index (χ1) is 21.1. The van der Waals surface area contributed by atoms with E-state index in [1.807, 2.05) is 45.0 Å². The van der Waals surface area contributed by atoms with Crippen LogP contribution in [-0.2, 0) is 11.8 Å². The van der Waals surface area contributed by atoms with Gasteiger partial charge in [-0.3, -0.25) is 19.3 Å². The summed E-state index contributed by atoms with van der Waals surface area (Å²) in [6.07, 6.45) is 0.794. The lowest BCUT2D eigenvalue weighted by Gasteiger charge is -2.32. The molecule has 226 valence electrons. The number of anilines is 1. The Morgan fingerprint density at radius 1 is 0.622 bits per heavy atom. The van der Waals surface area contributed by atoms with Gasteiger partial charge in [0.05, 0.1) is 11.3 Å². The Bertz CT molecular complexity index is 1920. The maximum atomic E-state index is 13.7. The molecule has 5 heteroatoms. The number of hydrogen-bond donors (Lipinski definition) is 0. The standard InChI is InChI=1S/C40H38N2O3/c1-24-32-19-13-28(36(43)29-14-20-33-25(2)42(40(6,7)8)38(45)35(33)23-29)22-34(32)37(44)41(24)31-17-11-27(12-18-31)21-26-9-15-30(16-10-26)39(3,4)5/h9-20,22-23H,1-2,21H2,3-8H3. The second-order valence-corrected chi connectivity index (χ2v) is 14.0. The summed E-state index contributed by atoms with van der Waals surface area (Å²) in [6.45, 7) is 20.8. The van der Waals surface area contributed by atoms with Crippen LogP contribution in [0.15, 0.2) is 98.1 Å². The number of carbonyl (C=O) groups is 3. The smallest absolute Gasteiger partial charge is 0.263 e. The van der Waals surface area contributed by atoms with Crippen molar-refractivity contribution in [3.8, 4) is 0 Å². The molecule has 2 heterocycles. The highest BCUT2D eigenvalue weighted by Crippen LogP contribution is 2.39. The lowest BCUT2D eigenvalue weighted by atomic mass is 9.86. The number of ketones is 1. The van der Waals surface area contributed by atoms with E-state index >= 15 is 0 Å². The molecule has 0 fully saturated rings. The molecule has 4 aromatic rings. The number of rotatable bonds is 5. The van der Waals surface area contributed by atoms with Gasteiger partial charge >= 0.3 is 0 Å². The van der Waals surface area contributed by atoms with Gasteiger partial charge in [0.25, 0.3) is 11.8 Å². The van der Waals surface area contributed by atoms with Gasteiger partial charge < -0.3 is 4.90 Å². The van der Waals surface area contributed by atoms with Crippen LogP contribution < -0.4 is 4.90 Å². The zero-order chi connectivity index (χ0) is 32.4. The van der Waals surface area contributed by atoms with Crippen LogP contribution >= 0.6 is 0 Å². The maximum absolute atomic E-state index is 13.7. The molecule has 2 aliphatic heterocycles. The molecule has 5 nitrogen and oxygen atoms in total. The van der Waals surface area contributed by atoms with Crippen molar-refractivity contribution >= 4 is 34.7 Å². The van der Waals surface area contributed by atoms with E-state index in [0.717, 1.165) is 23.2 Å². The minimum atomic E-state index is -0.440. The van der Waals surface area contributed by atoms with Gasteiger partial charge in [0.1, 0.15) is 0 Å². The van der Waals surface area contributed by atoms with Crippen LogP contribution in [0.4, 0.5) is 5.69 Å². The van der Waals surface area contributed by atoms with Crippen LogP contribution in [0.1, 0.15) is 106 Å². The molecule has 2 aliphatic rings. The van der Waals surface area contributed by atoms with Gasteiger partial charge in [-0.2, -0.15) is 0 Å². The van der Waals surface area contributed by atoms with Crippen LogP contribution in [0.5, 0.6) is 0 Å². The summed E-state index contributed by atoms with van der Waals surface area (Å²) in [5.74, 6) is -0.654. The van der Waals surface area contributed by atoms with Crippen molar-refractivity contribution in [2.45, 2.75) is 58.9 Å². The van der Waals surface area contributed by atoms with Gasteiger partial charge in [-0.05, 0) is 73.6 Å². The first kappa shape index (κ1) is 30.0. The summed E-state index contributed by atoms with van der Waals surface area (Å²) in [7, 11) is 0. The molecule has 0 aromatic heterocycles. The first-order valence-electron chi connectivity index (χ1n) is 15.2. The zero-order valence-corrected chi connectivity index (χ0v) is 26.8. The quantitative estimate of drug-likeness (QED) is 0.217. The molecule has 0 unspecified atom stereocenters. The van der Waals surface area contributed by atoms with Crippen LogP contribution in [0.25, 0.3) is 11.4 Å². The Morgan fingerprint density at radius 2 is 1.11 bits per heavy atom. The number of fused-ring (bicyclic) bond motifs is 2. The number of hydrogen-bond acceptors (Lipinski definition) is 3. The van der Waals surface area contributed by atoms with Crippen molar-refractivity contribution in [3.63, 3.8) is 0 Å². The number of carbonyl (C=O) groups excluding carboxylic acids is 3. The summed E-state index contributed by atoms with van der Waals surface area (Å²) in [5, 5.41) is 0. The molecule has 0 bridgehead atoms. The molecule has 2 amide bonds. The summed E-state index contributed by atoms with van der Waals surface area (Å²) in [5.41, 5.74) is 8.35. The molecule has 0 saturated heterocycles. The lowest BCUT2D eigenvalue weighted by molar-refractivity contribution is 0.0749. The van der Waals surface area contributed by atoms with Crippen molar-refractivity contribution in [1.29, 1.82) is 0 Å². The molecule has 0 radical (unpaired) electrons. The Morgan fingerprint density at radius 3 is 1.62 bits per heavy atom. The average molecular weight is 595 g/mol. The number of nitrogens with zero attached hydrogens (tertiary/aromatic N) is 2. The highest BCUT2D eigenvalue weighted by molar-refractivity contribution is 6.23. The van der Waals surface area contributed by atoms with Crippen LogP contribution in [0.2, 0.25) is 0 Å². The Balaban J connectivity index is 1.21. The molecule has 0 N–H and O–H groups in total. The second-order valence-electron chi connectivity index (χ2n) is 14.0. The maximum Gasteiger partial charge on any atom is 0.263 e. The minimum absolute atomic E-state index is 0.114. The fourth-order valence-corrected chi connectivity index (χ4v) is 6.23. The van der Waals surface area contributed by atoms with Gasteiger partial charge in [-0.1, -0.05) is 94.6 Å². The fraction of sp³-hybridized carbons (Fsp3) is 0.225. The predicted octanol–water partition coefficient (Wildman–Crippen LogP) is 8.66. The van der Waals surface area contributed by atoms with Crippen LogP contribution in [-0.4, -0.2) is 28.0 Å². The molecular weight excluding hydrogens is 556 g/mol. The first-order valence-corrected chi connectivity index (χ1v) is 15.2. The summed E-state index contributed by atoms with van der Waals surface area (Å²) in [4.78, 5) is 43.8. The molecule has 0 atom stereocenters. The van der Waals surface area contributed by atoms with E-state index in [1.165, 1.54) is 11.1 Å². The van der Waals surface area contributed by atoms with Crippen molar-refractivity contribution in [2.24, 2.45) is 0 Å². The van der Waals surface area contributed by atoms with E-state index in [2.05, 4.69) is 58.2 Å². The molecule has 0 saturated carbocycles. The zero-order valence-electron chi connectivity index (χ0n) is 26.8. The second kappa shape index (κ2) is 10.6. The van der Waals surface area contributed by atoms with E-state index in [4.69, 9.17) is 0 Å². The Kier molecular flexibility index (Phi) is 7.04. The van der Waals surface area contributed by atoms with E-state index in [9.17, 15) is 14.4 Å². The van der Waals surface area contributed by atoms with Gasteiger partial charge in [0.2, 0.25) is 0 Å². The molecule has 45 heavy (non-hydrogen) atoms. The molecule has 4 aromatic carbocycles. The van der Waals surface area contributed by atoms with E-state index in [1.54, 1.807) is 46.2 Å². The fourth-order valence-electron chi connectivity index (χ4n) is 6.23. The van der Waals surface area contributed by atoms with Crippen molar-refractivity contribution in [1.82, 2.24) is 4.90 Å². The van der Waals surface area contributed by atoms with Gasteiger partial charge in [0, 0.05) is 44.7 Å². The lowest BCUT2D eigenvalue weighted by Crippen LogP contribution is -2.40. The number of amides is 2. The van der Waals surface area contributed by atoms with Crippen molar-refractivity contribution < 1.29 is 14.4 Å². The third-order valence-corrected chi connectivity index (χ3v) is 8.69. The van der Waals surface area contributed by atoms with Crippen LogP contribution in [0.3, 0.4) is 0 Å². The van der Waals surface area contributed by atoms with E-state index in [0.29, 0.717) is 39.2 Å². The monoisotopic (exact) mass is 594 g/mol. The van der Waals surface area contributed by atoms with E-state index < -0.39 is 5.54 Å². The summed E-state index contributed by atoms with van der Waals surface area (Å²) >= 11 is 0. The molecule has 6 rings (SSSR count). The van der Waals surface area contributed by atoms with E-state index in [-0.39, 0.29) is 23.0 Å². The topological polar surface area (TPSA) is 57.7 Å². The highest BCUT2D eigenvalue weighted by Gasteiger charge is 2.38. The summed E-state index contributed by atoms with van der Waals surface area (Å²) in [6, 6.07) is 26.9. The highest BCUT2D eigenvalue weighted by atomic mass is 16.2. The predicted molar refractivity (Wildman–Crippen MR) is 182 cm³/mol. The third-order valence-electron chi connectivity index (χ3n) is 8.69. The van der Waals surface area contributed by atoms with Gasteiger partial charge in [-0.25, -0.2) is 0 Å². The van der Waals surface area contributed by atoms with Crippen molar-refractivity contribution in [2.75, 3.05) is 4.90 Å². The molecule has 0 aliphatic carbocycles. The summed E-state index contributed by atoms with van der Waals surface area (Å²) < 4.78 is 0. The Hall–Kier alpha value is -5.03. The number of benzene rings is 4. The minimum Gasteiger partial charge on any atom is -0.303 e. The normalized spacial score (nSPS) is 14.7. The average Bonchev–Trinajstić information content (AvgIpc) is 3.40. The molecular formula is C40H38N2O3. The van der Waals surface area contributed by atoms with Crippen molar-refractivity contribution in [3.05, 3.63) is 148 Å². The van der Waals surface area contributed by atoms with Gasteiger partial charge in [-0.15, -0.1) is 0 Å². The van der Waals surface area contributed by atoms with Crippen LogP contribution in [0, 0.1) is 0 Å². The third kappa shape index (κ3) is 5.22. The van der Waals surface area contributed by atoms with Gasteiger partial charge in [0.15, 0.2) is 5.78 Å². The molecule has 0 spiro atoms. The largest absolute Gasteiger partial charge is 0.303 e.